The topological polar surface area (TPSA) is 63.1 Å². The number of nitrogens with zero attached hydrogens (tertiary/aromatic N) is 4. The quantitative estimate of drug-likeness (QED) is 0.432. The molecule has 1 aliphatic heterocycles. The highest BCUT2D eigenvalue weighted by atomic mass is 35.5. The second kappa shape index (κ2) is 12.2. The van der Waals surface area contributed by atoms with Crippen molar-refractivity contribution in [3.63, 3.8) is 0 Å². The lowest BCUT2D eigenvalue weighted by Gasteiger charge is -2.26. The molecule has 1 aliphatic rings. The standard InChI is InChI=1S/C25H30ClN5OS/c26-22-11-9-20(10-12-22)13-14-27-24(32)19-33-25-29-28-23(18-30-15-5-2-6-16-30)31(25)17-21-7-3-1-4-8-21/h1,3-4,7-12H,2,5-6,13-19H2,(H,27,32). The Kier molecular flexibility index (Phi) is 8.80. The fraction of sp³-hybridized carbons (Fsp3) is 0.400. The third kappa shape index (κ3) is 7.32. The van der Waals surface area contributed by atoms with Crippen LogP contribution >= 0.6 is 23.4 Å². The van der Waals surface area contributed by atoms with Gasteiger partial charge in [0.15, 0.2) is 5.16 Å². The first-order valence-electron chi connectivity index (χ1n) is 11.5. The molecule has 3 aromatic rings. The van der Waals surface area contributed by atoms with Crippen LogP contribution in [0, 0.1) is 0 Å². The van der Waals surface area contributed by atoms with Crippen LogP contribution in [0.1, 0.15) is 36.2 Å². The molecule has 33 heavy (non-hydrogen) atoms. The summed E-state index contributed by atoms with van der Waals surface area (Å²) in [4.78, 5) is 14.9. The molecule has 2 heterocycles. The Labute approximate surface area is 204 Å². The third-order valence-electron chi connectivity index (χ3n) is 5.77. The van der Waals surface area contributed by atoms with Gasteiger partial charge in [-0.15, -0.1) is 10.2 Å². The summed E-state index contributed by atoms with van der Waals surface area (Å²) < 4.78 is 2.16. The zero-order valence-electron chi connectivity index (χ0n) is 18.8. The van der Waals surface area contributed by atoms with Gasteiger partial charge in [-0.1, -0.05) is 72.2 Å². The molecule has 0 unspecified atom stereocenters. The fourth-order valence-electron chi connectivity index (χ4n) is 3.96. The van der Waals surface area contributed by atoms with E-state index in [9.17, 15) is 4.79 Å². The summed E-state index contributed by atoms with van der Waals surface area (Å²) in [6.07, 6.45) is 4.56. The molecule has 1 saturated heterocycles. The van der Waals surface area contributed by atoms with Crippen LogP contribution in [0.3, 0.4) is 0 Å². The number of carbonyl (C=O) groups is 1. The number of rotatable bonds is 10. The lowest BCUT2D eigenvalue weighted by molar-refractivity contribution is -0.118. The van der Waals surface area contributed by atoms with Gasteiger partial charge in [0, 0.05) is 11.6 Å². The highest BCUT2D eigenvalue weighted by Crippen LogP contribution is 2.21. The minimum atomic E-state index is 0.000746. The molecular formula is C25H30ClN5OS. The first-order chi connectivity index (χ1) is 16.2. The van der Waals surface area contributed by atoms with Crippen molar-refractivity contribution >= 4 is 29.3 Å². The average Bonchev–Trinajstić information content (AvgIpc) is 3.21. The van der Waals surface area contributed by atoms with E-state index in [-0.39, 0.29) is 5.91 Å². The largest absolute Gasteiger partial charge is 0.355 e. The van der Waals surface area contributed by atoms with Crippen molar-refractivity contribution in [1.29, 1.82) is 0 Å². The summed E-state index contributed by atoms with van der Waals surface area (Å²) in [6, 6.07) is 18.1. The first-order valence-corrected chi connectivity index (χ1v) is 12.9. The smallest absolute Gasteiger partial charge is 0.230 e. The van der Waals surface area contributed by atoms with Gasteiger partial charge in [-0.2, -0.15) is 0 Å². The van der Waals surface area contributed by atoms with Gasteiger partial charge >= 0.3 is 0 Å². The van der Waals surface area contributed by atoms with Crippen molar-refractivity contribution < 1.29 is 4.79 Å². The number of benzene rings is 2. The zero-order chi connectivity index (χ0) is 22.9. The molecule has 2 aromatic carbocycles. The van der Waals surface area contributed by atoms with Gasteiger partial charge in [0.2, 0.25) is 5.91 Å². The number of hydrogen-bond donors (Lipinski definition) is 1. The van der Waals surface area contributed by atoms with E-state index < -0.39 is 0 Å². The minimum Gasteiger partial charge on any atom is -0.355 e. The monoisotopic (exact) mass is 483 g/mol. The summed E-state index contributed by atoms with van der Waals surface area (Å²) in [5, 5.41) is 13.5. The molecule has 0 spiro atoms. The molecule has 1 amide bonds. The van der Waals surface area contributed by atoms with E-state index in [4.69, 9.17) is 11.6 Å². The predicted molar refractivity (Wildman–Crippen MR) is 134 cm³/mol. The number of hydrogen-bond acceptors (Lipinski definition) is 5. The molecule has 0 radical (unpaired) electrons. The maximum atomic E-state index is 12.4. The van der Waals surface area contributed by atoms with Crippen LogP contribution in [0.2, 0.25) is 5.02 Å². The van der Waals surface area contributed by atoms with E-state index in [2.05, 4.69) is 37.1 Å². The predicted octanol–water partition coefficient (Wildman–Crippen LogP) is 4.42. The van der Waals surface area contributed by atoms with E-state index >= 15 is 0 Å². The fourth-order valence-corrected chi connectivity index (χ4v) is 4.88. The van der Waals surface area contributed by atoms with Crippen LogP contribution < -0.4 is 5.32 Å². The van der Waals surface area contributed by atoms with Crippen LogP contribution in [0.5, 0.6) is 0 Å². The Morgan fingerprint density at radius 1 is 0.939 bits per heavy atom. The van der Waals surface area contributed by atoms with Crippen molar-refractivity contribution in [2.24, 2.45) is 0 Å². The Hall–Kier alpha value is -2.35. The van der Waals surface area contributed by atoms with Gasteiger partial charge < -0.3 is 9.88 Å². The van der Waals surface area contributed by atoms with E-state index in [1.54, 1.807) is 0 Å². The molecule has 0 saturated carbocycles. The highest BCUT2D eigenvalue weighted by molar-refractivity contribution is 7.99. The number of aromatic nitrogens is 3. The van der Waals surface area contributed by atoms with Gasteiger partial charge in [-0.3, -0.25) is 9.69 Å². The second-order valence-electron chi connectivity index (χ2n) is 8.32. The van der Waals surface area contributed by atoms with Crippen LogP contribution in [-0.2, 0) is 24.3 Å². The SMILES string of the molecule is O=C(CSc1nnc(CN2CCCCC2)n1Cc1ccccc1)NCCc1ccc(Cl)cc1. The van der Waals surface area contributed by atoms with Crippen LogP contribution in [0.25, 0.3) is 0 Å². The summed E-state index contributed by atoms with van der Waals surface area (Å²) in [5.41, 5.74) is 2.35. The molecule has 1 N–H and O–H groups in total. The lowest BCUT2D eigenvalue weighted by Crippen LogP contribution is -2.30. The molecule has 8 heteroatoms. The third-order valence-corrected chi connectivity index (χ3v) is 6.99. The van der Waals surface area contributed by atoms with E-state index in [1.807, 2.05) is 42.5 Å². The van der Waals surface area contributed by atoms with Crippen molar-refractivity contribution in [3.05, 3.63) is 76.6 Å². The number of piperidine rings is 1. The summed E-state index contributed by atoms with van der Waals surface area (Å²) in [6.45, 7) is 4.32. The molecular weight excluding hydrogens is 454 g/mol. The van der Waals surface area contributed by atoms with Gasteiger partial charge in [-0.05, 0) is 55.6 Å². The molecule has 0 aliphatic carbocycles. The maximum absolute atomic E-state index is 12.4. The van der Waals surface area contributed by atoms with Crippen molar-refractivity contribution in [3.8, 4) is 0 Å². The Morgan fingerprint density at radius 2 is 1.70 bits per heavy atom. The molecule has 174 valence electrons. The summed E-state index contributed by atoms with van der Waals surface area (Å²) in [7, 11) is 0. The van der Waals surface area contributed by atoms with Crippen LogP contribution in [0.4, 0.5) is 0 Å². The Balaban J connectivity index is 1.35. The number of carbonyl (C=O) groups excluding carboxylic acids is 1. The number of halogens is 1. The Bertz CT molecular complexity index is 1020. The number of amides is 1. The van der Waals surface area contributed by atoms with Crippen LogP contribution in [-0.4, -0.2) is 51.0 Å². The summed E-state index contributed by atoms with van der Waals surface area (Å²) >= 11 is 7.37. The number of thioether (sulfide) groups is 1. The van der Waals surface area contributed by atoms with Crippen molar-refractivity contribution in [1.82, 2.24) is 25.0 Å². The molecule has 4 rings (SSSR count). The molecule has 6 nitrogen and oxygen atoms in total. The van der Waals surface area contributed by atoms with E-state index in [1.165, 1.54) is 36.6 Å². The highest BCUT2D eigenvalue weighted by Gasteiger charge is 2.18. The van der Waals surface area contributed by atoms with Crippen LogP contribution in [0.15, 0.2) is 59.8 Å². The van der Waals surface area contributed by atoms with Gasteiger partial charge in [0.05, 0.1) is 18.8 Å². The van der Waals surface area contributed by atoms with Gasteiger partial charge in [-0.25, -0.2) is 0 Å². The Morgan fingerprint density at radius 3 is 2.45 bits per heavy atom. The minimum absolute atomic E-state index is 0.000746. The summed E-state index contributed by atoms with van der Waals surface area (Å²) in [5.74, 6) is 1.28. The zero-order valence-corrected chi connectivity index (χ0v) is 20.3. The molecule has 0 bridgehead atoms. The van der Waals surface area contributed by atoms with E-state index in [0.717, 1.165) is 47.6 Å². The molecule has 0 atom stereocenters. The first kappa shape index (κ1) is 23.8. The van der Waals surface area contributed by atoms with Gasteiger partial charge in [0.1, 0.15) is 5.82 Å². The lowest BCUT2D eigenvalue weighted by atomic mass is 10.1. The average molecular weight is 484 g/mol. The van der Waals surface area contributed by atoms with Crippen molar-refractivity contribution in [2.75, 3.05) is 25.4 Å². The normalized spacial score (nSPS) is 14.3. The maximum Gasteiger partial charge on any atom is 0.230 e. The van der Waals surface area contributed by atoms with E-state index in [0.29, 0.717) is 18.8 Å². The number of nitrogens with one attached hydrogen (secondary N) is 1. The molecule has 1 fully saturated rings. The number of likely N-dealkylation sites (tertiary alicyclic amines) is 1. The second-order valence-corrected chi connectivity index (χ2v) is 9.70. The van der Waals surface area contributed by atoms with Crippen molar-refractivity contribution in [2.45, 2.75) is 43.9 Å². The molecule has 1 aromatic heterocycles. The van der Waals surface area contributed by atoms with Gasteiger partial charge in [0.25, 0.3) is 0 Å².